The van der Waals surface area contributed by atoms with E-state index >= 15 is 0 Å². The van der Waals surface area contributed by atoms with Crippen LogP contribution in [0.2, 0.25) is 0 Å². The van der Waals surface area contributed by atoms with Gasteiger partial charge in [-0.2, -0.15) is 0 Å². The van der Waals surface area contributed by atoms with Gasteiger partial charge in [-0.05, 0) is 25.7 Å². The van der Waals surface area contributed by atoms with Gasteiger partial charge in [0, 0.05) is 34.7 Å². The topological polar surface area (TPSA) is 34.1 Å². The molecule has 0 aliphatic carbocycles. The fourth-order valence-electron chi connectivity index (χ4n) is 2.26. The minimum Gasteiger partial charge on any atom is -0.299 e. The number of rotatable bonds is 8. The summed E-state index contributed by atoms with van der Waals surface area (Å²) >= 11 is 0. The molecular weight excluding hydrogens is 360 g/mol. The Morgan fingerprint density at radius 2 is 1.58 bits per heavy atom. The third-order valence-electron chi connectivity index (χ3n) is 4.29. The summed E-state index contributed by atoms with van der Waals surface area (Å²) in [5.41, 5.74) is -0.323. The van der Waals surface area contributed by atoms with Crippen LogP contribution in [0.1, 0.15) is 93.4 Å². The van der Waals surface area contributed by atoms with E-state index in [1.54, 1.807) is 0 Å². The Balaban J connectivity index is 0.000000508. The zero-order chi connectivity index (χ0) is 20.2. The Labute approximate surface area is 170 Å². The fraction of sp³-hybridized carbons (Fsp3) is 0.818. The SMILES string of the molecule is CC(C)(C)C(=O)CCCCC1CCSS1.CC/C=C\CC(=O)C(C)(C)C. The molecule has 152 valence electrons. The number of unbranched alkanes of at least 4 members (excludes halogenated alkanes) is 1. The largest absolute Gasteiger partial charge is 0.299 e. The van der Waals surface area contributed by atoms with Gasteiger partial charge < -0.3 is 0 Å². The van der Waals surface area contributed by atoms with Crippen LogP contribution in [0.3, 0.4) is 0 Å². The summed E-state index contributed by atoms with van der Waals surface area (Å²) in [5, 5.41) is 0.861. The second kappa shape index (κ2) is 13.0. The Morgan fingerprint density at radius 1 is 0.962 bits per heavy atom. The van der Waals surface area contributed by atoms with Crippen LogP contribution >= 0.6 is 21.6 Å². The van der Waals surface area contributed by atoms with Gasteiger partial charge in [0.2, 0.25) is 0 Å². The van der Waals surface area contributed by atoms with E-state index in [0.717, 1.165) is 24.5 Å². The molecule has 0 radical (unpaired) electrons. The molecule has 1 fully saturated rings. The Hall–Kier alpha value is -0.220. The van der Waals surface area contributed by atoms with Crippen molar-refractivity contribution in [3.63, 3.8) is 0 Å². The second-order valence-corrected chi connectivity index (χ2v) is 11.8. The molecule has 1 saturated heterocycles. The normalized spacial score (nSPS) is 17.9. The van der Waals surface area contributed by atoms with Gasteiger partial charge in [0.25, 0.3) is 0 Å². The molecule has 1 atom stereocenters. The van der Waals surface area contributed by atoms with Crippen LogP contribution in [0, 0.1) is 10.8 Å². The highest BCUT2D eigenvalue weighted by Crippen LogP contribution is 2.40. The zero-order valence-corrected chi connectivity index (χ0v) is 19.7. The van der Waals surface area contributed by atoms with E-state index < -0.39 is 0 Å². The van der Waals surface area contributed by atoms with Gasteiger partial charge in [-0.15, -0.1) is 0 Å². The second-order valence-electron chi connectivity index (χ2n) is 9.00. The highest BCUT2D eigenvalue weighted by molar-refractivity contribution is 8.77. The van der Waals surface area contributed by atoms with Gasteiger partial charge in [0.1, 0.15) is 11.6 Å². The van der Waals surface area contributed by atoms with Crippen LogP contribution in [-0.4, -0.2) is 22.6 Å². The Kier molecular flexibility index (Phi) is 12.9. The van der Waals surface area contributed by atoms with Crippen LogP contribution < -0.4 is 0 Å². The van der Waals surface area contributed by atoms with Gasteiger partial charge in [-0.1, -0.05) is 88.6 Å². The van der Waals surface area contributed by atoms with Crippen LogP contribution in [0.5, 0.6) is 0 Å². The van der Waals surface area contributed by atoms with E-state index in [0.29, 0.717) is 18.0 Å². The molecule has 1 aliphatic heterocycles. The maximum absolute atomic E-state index is 11.7. The number of carbonyl (C=O) groups is 2. The highest BCUT2D eigenvalue weighted by atomic mass is 33.1. The summed E-state index contributed by atoms with van der Waals surface area (Å²) in [6.07, 6.45) is 11.3. The summed E-state index contributed by atoms with van der Waals surface area (Å²) in [5.74, 6) is 2.04. The lowest BCUT2D eigenvalue weighted by atomic mass is 9.88. The molecule has 1 unspecified atom stereocenters. The lowest BCUT2D eigenvalue weighted by molar-refractivity contribution is -0.126. The minimum atomic E-state index is -0.182. The number of allylic oxidation sites excluding steroid dienone is 2. The number of ketones is 2. The molecule has 0 amide bonds. The molecule has 1 aliphatic rings. The number of Topliss-reactive ketones (excluding diaryl/α,β-unsaturated/α-hetero) is 2. The van der Waals surface area contributed by atoms with E-state index in [1.807, 2.05) is 75.3 Å². The van der Waals surface area contributed by atoms with Crippen molar-refractivity contribution in [2.24, 2.45) is 10.8 Å². The fourth-order valence-corrected chi connectivity index (χ4v) is 5.29. The van der Waals surface area contributed by atoms with Crippen molar-refractivity contribution in [3.05, 3.63) is 12.2 Å². The van der Waals surface area contributed by atoms with E-state index in [2.05, 4.69) is 6.92 Å². The summed E-state index contributed by atoms with van der Waals surface area (Å²) in [6, 6.07) is 0. The van der Waals surface area contributed by atoms with E-state index in [4.69, 9.17) is 0 Å². The predicted octanol–water partition coefficient (Wildman–Crippen LogP) is 7.27. The molecule has 0 aromatic heterocycles. The zero-order valence-electron chi connectivity index (χ0n) is 18.0. The average Bonchev–Trinajstić information content (AvgIpc) is 3.03. The first-order chi connectivity index (χ1) is 12.0. The van der Waals surface area contributed by atoms with Crippen molar-refractivity contribution in [1.29, 1.82) is 0 Å². The van der Waals surface area contributed by atoms with Gasteiger partial charge in [-0.3, -0.25) is 9.59 Å². The van der Waals surface area contributed by atoms with Gasteiger partial charge in [-0.25, -0.2) is 0 Å². The first-order valence-electron chi connectivity index (χ1n) is 9.98. The van der Waals surface area contributed by atoms with Crippen molar-refractivity contribution < 1.29 is 9.59 Å². The maximum atomic E-state index is 11.7. The van der Waals surface area contributed by atoms with E-state index in [-0.39, 0.29) is 10.8 Å². The Morgan fingerprint density at radius 3 is 2.04 bits per heavy atom. The Bertz CT molecular complexity index is 436. The molecule has 2 nitrogen and oxygen atoms in total. The quantitative estimate of drug-likeness (QED) is 0.244. The summed E-state index contributed by atoms with van der Waals surface area (Å²) in [6.45, 7) is 14.0. The third kappa shape index (κ3) is 13.0. The summed E-state index contributed by atoms with van der Waals surface area (Å²) in [4.78, 5) is 22.9. The van der Waals surface area contributed by atoms with Crippen LogP contribution in [0.4, 0.5) is 0 Å². The molecule has 0 saturated carbocycles. The van der Waals surface area contributed by atoms with Crippen molar-refractivity contribution in [2.45, 2.75) is 98.7 Å². The first-order valence-corrected chi connectivity index (χ1v) is 12.4. The molecule has 0 bridgehead atoms. The average molecular weight is 401 g/mol. The van der Waals surface area contributed by atoms with Crippen LogP contribution in [0.15, 0.2) is 12.2 Å². The lowest BCUT2D eigenvalue weighted by Crippen LogP contribution is -2.19. The van der Waals surface area contributed by atoms with Crippen LogP contribution in [-0.2, 0) is 9.59 Å². The highest BCUT2D eigenvalue weighted by Gasteiger charge is 2.21. The molecule has 26 heavy (non-hydrogen) atoms. The van der Waals surface area contributed by atoms with Gasteiger partial charge >= 0.3 is 0 Å². The van der Waals surface area contributed by atoms with Crippen molar-refractivity contribution in [1.82, 2.24) is 0 Å². The first kappa shape index (κ1) is 25.8. The molecule has 1 rings (SSSR count). The van der Waals surface area contributed by atoms with Crippen LogP contribution in [0.25, 0.3) is 0 Å². The predicted molar refractivity (Wildman–Crippen MR) is 120 cm³/mol. The smallest absolute Gasteiger partial charge is 0.141 e. The van der Waals surface area contributed by atoms with Crippen molar-refractivity contribution >= 4 is 33.2 Å². The number of hydrogen-bond donors (Lipinski definition) is 0. The van der Waals surface area contributed by atoms with E-state index in [9.17, 15) is 9.59 Å². The third-order valence-corrected chi connectivity index (χ3v) is 7.29. The molecule has 0 aromatic carbocycles. The molecule has 1 heterocycles. The van der Waals surface area contributed by atoms with Crippen molar-refractivity contribution in [3.8, 4) is 0 Å². The van der Waals surface area contributed by atoms with E-state index in [1.165, 1.54) is 25.0 Å². The monoisotopic (exact) mass is 400 g/mol. The lowest BCUT2D eigenvalue weighted by Gasteiger charge is -2.16. The summed E-state index contributed by atoms with van der Waals surface area (Å²) in [7, 11) is 4.04. The van der Waals surface area contributed by atoms with Gasteiger partial charge in [0.05, 0.1) is 0 Å². The minimum absolute atomic E-state index is 0.141. The van der Waals surface area contributed by atoms with Gasteiger partial charge in [0.15, 0.2) is 0 Å². The maximum Gasteiger partial charge on any atom is 0.141 e. The molecular formula is C22H40O2S2. The molecule has 0 N–H and O–H groups in total. The standard InChI is InChI=1S/C12H22OS2.C10H18O/c1-12(2,3)11(13)7-5-4-6-10-8-9-14-15-10;1-5-6-7-8-9(11)10(2,3)4/h10H,4-9H2,1-3H3;6-7H,5,8H2,1-4H3/b;7-6-. The number of hydrogen-bond acceptors (Lipinski definition) is 4. The summed E-state index contributed by atoms with van der Waals surface area (Å²) < 4.78 is 0. The molecule has 0 aromatic rings. The number of carbonyl (C=O) groups excluding carboxylic acids is 2. The molecule has 4 heteroatoms. The van der Waals surface area contributed by atoms with Crippen molar-refractivity contribution in [2.75, 3.05) is 5.75 Å². The molecule has 0 spiro atoms.